The third-order valence-corrected chi connectivity index (χ3v) is 9.73. The van der Waals surface area contributed by atoms with E-state index in [-0.39, 0.29) is 29.5 Å². The average molecular weight is 630 g/mol. The summed E-state index contributed by atoms with van der Waals surface area (Å²) in [5.41, 5.74) is 2.71. The van der Waals surface area contributed by atoms with Gasteiger partial charge in [-0.05, 0) is 84.8 Å². The van der Waals surface area contributed by atoms with E-state index in [1.165, 1.54) is 0 Å². The zero-order chi connectivity index (χ0) is 32.1. The Bertz CT molecular complexity index is 1650. The van der Waals surface area contributed by atoms with Gasteiger partial charge in [0.2, 0.25) is 0 Å². The minimum absolute atomic E-state index is 0.136. The van der Waals surface area contributed by atoms with Crippen LogP contribution in [0.2, 0.25) is 0 Å². The molecule has 1 amide bonds. The molecular formula is C33H43N9O4. The largest absolute Gasteiger partial charge is 0.444 e. The third-order valence-electron chi connectivity index (χ3n) is 9.73. The van der Waals surface area contributed by atoms with Crippen molar-refractivity contribution in [1.29, 1.82) is 5.26 Å². The summed E-state index contributed by atoms with van der Waals surface area (Å²) in [5.74, 6) is 1.23. The van der Waals surface area contributed by atoms with Gasteiger partial charge in [-0.2, -0.15) is 5.26 Å². The number of hydrogen-bond acceptors (Lipinski definition) is 11. The van der Waals surface area contributed by atoms with Gasteiger partial charge in [-0.3, -0.25) is 4.98 Å². The first kappa shape index (κ1) is 30.6. The molecule has 0 saturated carbocycles. The lowest BCUT2D eigenvalue weighted by molar-refractivity contribution is -0.0368. The summed E-state index contributed by atoms with van der Waals surface area (Å²) in [6, 6.07) is 6.17. The van der Waals surface area contributed by atoms with E-state index in [1.807, 2.05) is 44.6 Å². The molecule has 7 rings (SSSR count). The number of aryl methyl sites for hydroxylation is 1. The molecule has 3 fully saturated rings. The van der Waals surface area contributed by atoms with E-state index >= 15 is 0 Å². The van der Waals surface area contributed by atoms with Gasteiger partial charge in [0.25, 0.3) is 0 Å². The molecule has 13 heteroatoms. The van der Waals surface area contributed by atoms with E-state index in [0.717, 1.165) is 62.9 Å². The molecule has 46 heavy (non-hydrogen) atoms. The smallest absolute Gasteiger partial charge is 0.407 e. The first-order chi connectivity index (χ1) is 22.2. The summed E-state index contributed by atoms with van der Waals surface area (Å²) in [5, 5.41) is 18.6. The normalized spacial score (nSPS) is 24.5. The lowest BCUT2D eigenvalue weighted by Crippen LogP contribution is -2.55. The zero-order valence-corrected chi connectivity index (χ0v) is 27.2. The van der Waals surface area contributed by atoms with E-state index in [4.69, 9.17) is 29.3 Å². The van der Waals surface area contributed by atoms with Crippen molar-refractivity contribution in [3.05, 3.63) is 29.7 Å². The Morgan fingerprint density at radius 3 is 2.70 bits per heavy atom. The minimum Gasteiger partial charge on any atom is -0.444 e. The summed E-state index contributed by atoms with van der Waals surface area (Å²) in [4.78, 5) is 31.8. The Balaban J connectivity index is 1.21. The number of nitrogens with one attached hydrogen (secondary N) is 1. The molecule has 4 aliphatic rings. The maximum Gasteiger partial charge on any atom is 0.407 e. The van der Waals surface area contributed by atoms with Gasteiger partial charge in [0.1, 0.15) is 11.7 Å². The van der Waals surface area contributed by atoms with Crippen LogP contribution in [0.25, 0.3) is 11.2 Å². The molecule has 244 valence electrons. The number of carbonyl (C=O) groups excluding carboxylic acids is 1. The van der Waals surface area contributed by atoms with Gasteiger partial charge in [-0.25, -0.2) is 19.4 Å². The first-order valence-electron chi connectivity index (χ1n) is 16.6. The molecule has 3 aromatic heterocycles. The molecule has 3 aromatic rings. The van der Waals surface area contributed by atoms with Gasteiger partial charge in [-0.15, -0.1) is 5.10 Å². The topological polar surface area (TPSA) is 144 Å². The number of carbonyl (C=O) groups is 1. The van der Waals surface area contributed by atoms with E-state index in [9.17, 15) is 10.1 Å². The number of anilines is 3. The van der Waals surface area contributed by atoms with Crippen LogP contribution in [0.5, 0.6) is 0 Å². The van der Waals surface area contributed by atoms with Crippen molar-refractivity contribution in [2.45, 2.75) is 96.6 Å². The van der Waals surface area contributed by atoms with Crippen molar-refractivity contribution < 1.29 is 19.0 Å². The lowest BCUT2D eigenvalue weighted by Gasteiger charge is -2.43. The number of amides is 1. The number of fused-ring (bicyclic) bond motifs is 2. The Morgan fingerprint density at radius 1 is 1.13 bits per heavy atom. The zero-order valence-electron chi connectivity index (χ0n) is 27.2. The quantitative estimate of drug-likeness (QED) is 0.426. The Morgan fingerprint density at radius 2 is 1.96 bits per heavy atom. The summed E-state index contributed by atoms with van der Waals surface area (Å²) >= 11 is 0. The number of alkyl carbamates (subject to hydrolysis) is 1. The number of nitriles is 1. The molecular weight excluding hydrogens is 586 g/mol. The highest BCUT2D eigenvalue weighted by molar-refractivity contribution is 5.89. The van der Waals surface area contributed by atoms with Crippen LogP contribution in [0, 0.1) is 16.7 Å². The fourth-order valence-electron chi connectivity index (χ4n) is 7.44. The molecule has 3 atom stereocenters. The molecule has 4 aliphatic heterocycles. The standard InChI is InChI=1S/C33H43N9O4/c1-21-27(37-31(43)46-32(2,3)4)33(20-45-21)12-16-40(17-13-33)28-23(19-34)36-26-29(38-28)42(25-11-5-6-18-44-25)39-30(26)41-15-8-9-22-24(41)10-7-14-35-22/h7,10,14,21,25,27H,5-6,8-9,11-13,15-18,20H2,1-4H3,(H,37,43)/t21-,25?,27+/m0/s1. The van der Waals surface area contributed by atoms with Gasteiger partial charge in [-0.1, -0.05) is 0 Å². The fourth-order valence-corrected chi connectivity index (χ4v) is 7.44. The average Bonchev–Trinajstić information content (AvgIpc) is 3.57. The van der Waals surface area contributed by atoms with Crippen molar-refractivity contribution in [2.24, 2.45) is 5.41 Å². The van der Waals surface area contributed by atoms with Crippen LogP contribution < -0.4 is 15.1 Å². The highest BCUT2D eigenvalue weighted by Gasteiger charge is 2.51. The van der Waals surface area contributed by atoms with Gasteiger partial charge >= 0.3 is 6.09 Å². The maximum absolute atomic E-state index is 12.7. The van der Waals surface area contributed by atoms with Crippen LogP contribution in [0.15, 0.2) is 18.3 Å². The number of nitrogens with zero attached hydrogens (tertiary/aromatic N) is 8. The third kappa shape index (κ3) is 5.62. The molecule has 3 saturated heterocycles. The Kier molecular flexibility index (Phi) is 7.97. The predicted octanol–water partition coefficient (Wildman–Crippen LogP) is 4.77. The van der Waals surface area contributed by atoms with Crippen LogP contribution in [-0.4, -0.2) is 81.4 Å². The van der Waals surface area contributed by atoms with E-state index in [2.05, 4.69) is 32.2 Å². The van der Waals surface area contributed by atoms with Gasteiger partial charge < -0.3 is 29.3 Å². The lowest BCUT2D eigenvalue weighted by atomic mass is 9.73. The molecule has 7 heterocycles. The molecule has 0 bridgehead atoms. The van der Waals surface area contributed by atoms with Crippen LogP contribution in [0.4, 0.5) is 22.1 Å². The molecule has 1 unspecified atom stereocenters. The number of aromatic nitrogens is 5. The SMILES string of the molecule is C[C@@H]1OCC2(CCN(c3nc4c(nc3C#N)c(N3CCCc5ncccc53)nn4C3CCCCO3)CC2)[C@@H]1NC(=O)OC(C)(C)C. The summed E-state index contributed by atoms with van der Waals surface area (Å²) in [6.07, 6.45) is 7.28. The molecule has 1 N–H and O–H groups in total. The van der Waals surface area contributed by atoms with Crippen molar-refractivity contribution in [3.63, 3.8) is 0 Å². The second kappa shape index (κ2) is 12.0. The molecule has 13 nitrogen and oxygen atoms in total. The van der Waals surface area contributed by atoms with Crippen LogP contribution >= 0.6 is 0 Å². The highest BCUT2D eigenvalue weighted by Crippen LogP contribution is 2.44. The monoisotopic (exact) mass is 629 g/mol. The summed E-state index contributed by atoms with van der Waals surface area (Å²) < 4.78 is 19.7. The Labute approximate surface area is 269 Å². The molecule has 1 spiro atoms. The summed E-state index contributed by atoms with van der Waals surface area (Å²) in [7, 11) is 0. The van der Waals surface area contributed by atoms with E-state index < -0.39 is 11.7 Å². The fraction of sp³-hybridized carbons (Fsp3) is 0.636. The van der Waals surface area contributed by atoms with Crippen molar-refractivity contribution in [2.75, 3.05) is 42.6 Å². The van der Waals surface area contributed by atoms with E-state index in [0.29, 0.717) is 49.1 Å². The highest BCUT2D eigenvalue weighted by atomic mass is 16.6. The van der Waals surface area contributed by atoms with Crippen molar-refractivity contribution >= 4 is 34.6 Å². The number of hydrogen-bond donors (Lipinski definition) is 1. The van der Waals surface area contributed by atoms with Gasteiger partial charge in [0.05, 0.1) is 30.1 Å². The number of ether oxygens (including phenoxy) is 3. The first-order valence-corrected chi connectivity index (χ1v) is 16.6. The number of piperidine rings is 1. The second-order valence-corrected chi connectivity index (χ2v) is 14.0. The molecule has 0 radical (unpaired) electrons. The van der Waals surface area contributed by atoms with Gasteiger partial charge in [0.15, 0.2) is 34.7 Å². The van der Waals surface area contributed by atoms with Crippen LogP contribution in [0.3, 0.4) is 0 Å². The van der Waals surface area contributed by atoms with Crippen molar-refractivity contribution in [1.82, 2.24) is 30.0 Å². The van der Waals surface area contributed by atoms with Crippen LogP contribution in [0.1, 0.15) is 83.8 Å². The summed E-state index contributed by atoms with van der Waals surface area (Å²) in [6.45, 7) is 10.9. The Hall–Kier alpha value is -4.02. The molecule has 0 aromatic carbocycles. The number of pyridine rings is 1. The number of rotatable bonds is 4. The molecule has 0 aliphatic carbocycles. The minimum atomic E-state index is -0.586. The maximum atomic E-state index is 12.7. The van der Waals surface area contributed by atoms with Gasteiger partial charge in [0, 0.05) is 37.9 Å². The van der Waals surface area contributed by atoms with Crippen molar-refractivity contribution in [3.8, 4) is 6.07 Å². The van der Waals surface area contributed by atoms with E-state index in [1.54, 1.807) is 0 Å². The van der Waals surface area contributed by atoms with Crippen LogP contribution in [-0.2, 0) is 20.6 Å². The predicted molar refractivity (Wildman–Crippen MR) is 171 cm³/mol. The second-order valence-electron chi connectivity index (χ2n) is 14.0.